The molecule has 0 aromatic carbocycles. The van der Waals surface area contributed by atoms with E-state index in [-0.39, 0.29) is 5.78 Å². The first kappa shape index (κ1) is 15.3. The summed E-state index contributed by atoms with van der Waals surface area (Å²) in [6, 6.07) is -0.510. The lowest BCUT2D eigenvalue weighted by atomic mass is 9.92. The molecule has 0 aliphatic rings. The summed E-state index contributed by atoms with van der Waals surface area (Å²) in [4.78, 5) is 22.4. The van der Waals surface area contributed by atoms with Crippen LogP contribution in [0.4, 0.5) is 0 Å². The molecule has 0 aliphatic carbocycles. The number of unbranched alkanes of at least 4 members (excludes halogenated alkanes) is 2. The van der Waals surface area contributed by atoms with E-state index in [1.54, 1.807) is 6.29 Å². The Morgan fingerprint density at radius 2 is 1.94 bits per heavy atom. The summed E-state index contributed by atoms with van der Waals surface area (Å²) in [6.07, 6.45) is 6.51. The van der Waals surface area contributed by atoms with Crippen LogP contribution < -0.4 is 11.5 Å². The maximum absolute atomic E-state index is 11.8. The summed E-state index contributed by atoms with van der Waals surface area (Å²) in [7, 11) is 0. The number of carbonyl (C=O) groups is 1. The van der Waals surface area contributed by atoms with E-state index in [0.717, 1.165) is 25.7 Å². The maximum Gasteiger partial charge on any atom is 0.209 e. The highest BCUT2D eigenvalue weighted by Crippen LogP contribution is 2.11. The predicted octanol–water partition coefficient (Wildman–Crippen LogP) is 0.928. The fraction of sp³-hybridized carbons (Fsp3) is 0.833. The number of ketones is 1. The van der Waals surface area contributed by atoms with E-state index < -0.39 is 12.0 Å². The van der Waals surface area contributed by atoms with Crippen molar-refractivity contribution in [2.45, 2.75) is 51.5 Å². The second-order valence-corrected chi connectivity index (χ2v) is 4.11. The van der Waals surface area contributed by atoms with Crippen molar-refractivity contribution >= 4 is 12.1 Å². The van der Waals surface area contributed by atoms with E-state index in [4.69, 9.17) is 11.5 Å². The van der Waals surface area contributed by atoms with Crippen molar-refractivity contribution in [2.24, 2.45) is 17.4 Å². The Balaban J connectivity index is 4.02. The third-order valence-corrected chi connectivity index (χ3v) is 2.67. The number of hydrogen-bond acceptors (Lipinski definition) is 4. The van der Waals surface area contributed by atoms with E-state index in [1.165, 1.54) is 0 Å². The number of Topliss-reactive ketones (excluding diaryl/α,β-unsaturated/α-hetero) is 1. The normalized spacial score (nSPS) is 14.4. The van der Waals surface area contributed by atoms with Gasteiger partial charge in [0.2, 0.25) is 6.29 Å². The number of nitrogens with two attached hydrogens (primary N) is 2. The number of rotatable bonds is 10. The van der Waals surface area contributed by atoms with Crippen LogP contribution in [0, 0.1) is 5.92 Å². The Kier molecular flexibility index (Phi) is 9.04. The summed E-state index contributed by atoms with van der Waals surface area (Å²) in [5, 5.41) is 0. The lowest BCUT2D eigenvalue weighted by Gasteiger charge is -2.14. The standard InChI is InChI=1S/C12H23N2O2/c1-2-3-7-11(14)12(16)10(9-15)6-4-5-8-13/h10-11H,2-8,13-14H2,1H3. The van der Waals surface area contributed by atoms with Crippen LogP contribution in [0.15, 0.2) is 0 Å². The molecule has 0 heterocycles. The minimum atomic E-state index is -0.654. The van der Waals surface area contributed by atoms with Crippen LogP contribution in [-0.2, 0) is 9.59 Å². The highest BCUT2D eigenvalue weighted by molar-refractivity contribution is 5.96. The first-order chi connectivity index (χ1) is 7.67. The Morgan fingerprint density at radius 3 is 2.44 bits per heavy atom. The van der Waals surface area contributed by atoms with Crippen molar-refractivity contribution in [3.8, 4) is 0 Å². The SMILES string of the molecule is CCCCC(N)C(=O)C([C]=O)CCCCN. The highest BCUT2D eigenvalue weighted by Gasteiger charge is 2.23. The quantitative estimate of drug-likeness (QED) is 0.429. The first-order valence-corrected chi connectivity index (χ1v) is 6.04. The average Bonchev–Trinajstić information content (AvgIpc) is 2.31. The van der Waals surface area contributed by atoms with E-state index in [1.807, 2.05) is 6.92 Å². The van der Waals surface area contributed by atoms with Crippen molar-refractivity contribution in [2.75, 3.05) is 6.54 Å². The van der Waals surface area contributed by atoms with Crippen molar-refractivity contribution in [3.63, 3.8) is 0 Å². The van der Waals surface area contributed by atoms with Gasteiger partial charge in [-0.2, -0.15) is 0 Å². The van der Waals surface area contributed by atoms with Crippen LogP contribution >= 0.6 is 0 Å². The van der Waals surface area contributed by atoms with Gasteiger partial charge in [0.05, 0.1) is 12.0 Å². The van der Waals surface area contributed by atoms with Gasteiger partial charge in [-0.05, 0) is 25.8 Å². The molecule has 2 unspecified atom stereocenters. The lowest BCUT2D eigenvalue weighted by Crippen LogP contribution is -2.36. The third kappa shape index (κ3) is 5.98. The molecule has 4 heteroatoms. The van der Waals surface area contributed by atoms with Crippen LogP contribution in [0.2, 0.25) is 0 Å². The monoisotopic (exact) mass is 227 g/mol. The van der Waals surface area contributed by atoms with Crippen molar-refractivity contribution in [1.82, 2.24) is 0 Å². The Bertz CT molecular complexity index is 207. The van der Waals surface area contributed by atoms with E-state index in [0.29, 0.717) is 19.4 Å². The zero-order valence-electron chi connectivity index (χ0n) is 10.1. The molecule has 0 rings (SSSR count). The molecule has 0 spiro atoms. The van der Waals surface area contributed by atoms with Crippen molar-refractivity contribution in [1.29, 1.82) is 0 Å². The molecule has 0 fully saturated rings. The molecule has 1 radical (unpaired) electrons. The fourth-order valence-corrected chi connectivity index (χ4v) is 1.58. The van der Waals surface area contributed by atoms with Gasteiger partial charge < -0.3 is 11.5 Å². The molecule has 4 N–H and O–H groups in total. The first-order valence-electron chi connectivity index (χ1n) is 6.04. The van der Waals surface area contributed by atoms with Gasteiger partial charge in [-0.25, -0.2) is 0 Å². The van der Waals surface area contributed by atoms with Crippen LogP contribution in [0.3, 0.4) is 0 Å². The molecule has 0 aromatic rings. The molecular formula is C12H23N2O2. The molecule has 16 heavy (non-hydrogen) atoms. The van der Waals surface area contributed by atoms with Gasteiger partial charge in [-0.3, -0.25) is 9.59 Å². The Labute approximate surface area is 97.8 Å². The number of carbonyl (C=O) groups excluding carboxylic acids is 2. The summed E-state index contributed by atoms with van der Waals surface area (Å²) >= 11 is 0. The van der Waals surface area contributed by atoms with Gasteiger partial charge in [0.1, 0.15) is 0 Å². The molecule has 0 aromatic heterocycles. The van der Waals surface area contributed by atoms with Gasteiger partial charge in [-0.15, -0.1) is 0 Å². The Morgan fingerprint density at radius 1 is 1.25 bits per heavy atom. The molecule has 2 atom stereocenters. The van der Waals surface area contributed by atoms with Crippen LogP contribution in [-0.4, -0.2) is 24.7 Å². The minimum absolute atomic E-state index is 0.166. The summed E-state index contributed by atoms with van der Waals surface area (Å²) in [5.74, 6) is -0.820. The molecule has 4 nitrogen and oxygen atoms in total. The van der Waals surface area contributed by atoms with Gasteiger partial charge in [-0.1, -0.05) is 26.2 Å². The molecule has 0 bridgehead atoms. The Hall–Kier alpha value is -0.740. The summed E-state index contributed by atoms with van der Waals surface area (Å²) in [6.45, 7) is 2.63. The third-order valence-electron chi connectivity index (χ3n) is 2.67. The topological polar surface area (TPSA) is 86.2 Å². The molecule has 0 aliphatic heterocycles. The second kappa shape index (κ2) is 9.48. The van der Waals surface area contributed by atoms with E-state index in [2.05, 4.69) is 0 Å². The largest absolute Gasteiger partial charge is 0.330 e. The van der Waals surface area contributed by atoms with Gasteiger partial charge in [0, 0.05) is 0 Å². The smallest absolute Gasteiger partial charge is 0.209 e. The summed E-state index contributed by atoms with van der Waals surface area (Å²) < 4.78 is 0. The van der Waals surface area contributed by atoms with Crippen LogP contribution in [0.1, 0.15) is 45.4 Å². The van der Waals surface area contributed by atoms with Crippen LogP contribution in [0.25, 0.3) is 0 Å². The molecule has 0 saturated carbocycles. The zero-order valence-corrected chi connectivity index (χ0v) is 10.1. The van der Waals surface area contributed by atoms with Gasteiger partial charge in [0.25, 0.3) is 0 Å². The number of hydrogen-bond donors (Lipinski definition) is 2. The van der Waals surface area contributed by atoms with Crippen LogP contribution in [0.5, 0.6) is 0 Å². The average molecular weight is 227 g/mol. The van der Waals surface area contributed by atoms with Crippen molar-refractivity contribution in [3.05, 3.63) is 0 Å². The van der Waals surface area contributed by atoms with E-state index >= 15 is 0 Å². The summed E-state index contributed by atoms with van der Waals surface area (Å²) in [5.41, 5.74) is 11.1. The van der Waals surface area contributed by atoms with Gasteiger partial charge in [0.15, 0.2) is 5.78 Å². The van der Waals surface area contributed by atoms with Gasteiger partial charge >= 0.3 is 0 Å². The highest BCUT2D eigenvalue weighted by atomic mass is 16.1. The minimum Gasteiger partial charge on any atom is -0.330 e. The van der Waals surface area contributed by atoms with Crippen molar-refractivity contribution < 1.29 is 9.59 Å². The molecular weight excluding hydrogens is 204 g/mol. The maximum atomic E-state index is 11.8. The zero-order chi connectivity index (χ0) is 12.4. The fourth-order valence-electron chi connectivity index (χ4n) is 1.58. The molecule has 0 amide bonds. The molecule has 0 saturated heterocycles. The lowest BCUT2D eigenvalue weighted by molar-refractivity contribution is -0.122. The van der Waals surface area contributed by atoms with E-state index in [9.17, 15) is 9.59 Å². The predicted molar refractivity (Wildman–Crippen MR) is 64.6 cm³/mol. The molecule has 93 valence electrons. The second-order valence-electron chi connectivity index (χ2n) is 4.11.